The maximum atomic E-state index is 12.0. The summed E-state index contributed by atoms with van der Waals surface area (Å²) in [7, 11) is 5.19. The summed E-state index contributed by atoms with van der Waals surface area (Å²) in [5, 5.41) is 0. The molecule has 8 heteroatoms. The first-order valence-corrected chi connectivity index (χ1v) is 9.64. The summed E-state index contributed by atoms with van der Waals surface area (Å²) < 4.78 is 13.5. The van der Waals surface area contributed by atoms with Crippen molar-refractivity contribution in [3.8, 4) is 17.3 Å². The van der Waals surface area contributed by atoms with Crippen LogP contribution in [0.1, 0.15) is 18.9 Å². The molecule has 8 nitrogen and oxygen atoms in total. The maximum Gasteiger partial charge on any atom is 0.224 e. The van der Waals surface area contributed by atoms with Gasteiger partial charge < -0.3 is 18.9 Å². The third kappa shape index (κ3) is 3.74. The zero-order valence-corrected chi connectivity index (χ0v) is 16.6. The molecule has 2 fully saturated rings. The molecule has 0 unspecified atom stereocenters. The van der Waals surface area contributed by atoms with Gasteiger partial charge in [0.25, 0.3) is 0 Å². The first kappa shape index (κ1) is 18.9. The lowest BCUT2D eigenvalue weighted by Crippen LogP contribution is -2.47. The molecule has 2 aromatic rings. The predicted octanol–water partition coefficient (Wildman–Crippen LogP) is 1.45. The van der Waals surface area contributed by atoms with Gasteiger partial charge in [0.1, 0.15) is 5.82 Å². The van der Waals surface area contributed by atoms with Crippen molar-refractivity contribution in [1.29, 1.82) is 0 Å². The van der Waals surface area contributed by atoms with E-state index in [1.54, 1.807) is 32.3 Å². The number of methoxy groups -OCH3 is 1. The molecule has 0 aromatic carbocycles. The molecule has 2 aromatic heterocycles. The van der Waals surface area contributed by atoms with Gasteiger partial charge in [0.15, 0.2) is 0 Å². The normalized spacial score (nSPS) is 24.8. The fourth-order valence-electron chi connectivity index (χ4n) is 4.11. The van der Waals surface area contributed by atoms with Crippen LogP contribution in [0.4, 0.5) is 0 Å². The van der Waals surface area contributed by atoms with Crippen LogP contribution in [0.2, 0.25) is 0 Å². The van der Waals surface area contributed by atoms with E-state index < -0.39 is 0 Å². The Morgan fingerprint density at radius 3 is 2.93 bits per heavy atom. The van der Waals surface area contributed by atoms with Gasteiger partial charge in [0.05, 0.1) is 26.2 Å². The molecule has 150 valence electrons. The molecule has 4 heterocycles. The highest BCUT2D eigenvalue weighted by Gasteiger charge is 2.39. The van der Waals surface area contributed by atoms with Gasteiger partial charge in [-0.3, -0.25) is 9.69 Å². The summed E-state index contributed by atoms with van der Waals surface area (Å²) in [4.78, 5) is 24.9. The van der Waals surface area contributed by atoms with Gasteiger partial charge in [-0.25, -0.2) is 9.97 Å². The molecule has 0 saturated carbocycles. The molecule has 2 aliphatic rings. The molecule has 0 aliphatic carbocycles. The van der Waals surface area contributed by atoms with Gasteiger partial charge in [-0.05, 0) is 12.5 Å². The maximum absolute atomic E-state index is 12.0. The van der Waals surface area contributed by atoms with Gasteiger partial charge in [0.2, 0.25) is 11.8 Å². The number of morpholine rings is 1. The summed E-state index contributed by atoms with van der Waals surface area (Å²) in [6, 6.07) is 4.58. The second-order valence-electron chi connectivity index (χ2n) is 7.69. The van der Waals surface area contributed by atoms with Gasteiger partial charge in [-0.1, -0.05) is 0 Å². The van der Waals surface area contributed by atoms with E-state index in [2.05, 4.69) is 19.4 Å². The standard InChI is InChI=1S/C20H27N5O3/c1-23(2)19(26)10-17-12-24-11-15(9-16(24)13-28-17)25-7-6-22-20(25)14-4-5-21-18(8-14)27-3/h4-8,15-17H,9-13H2,1-3H3/t15-,16+,17+/m1/s1. The molecule has 0 N–H and O–H groups in total. The van der Waals surface area contributed by atoms with Crippen molar-refractivity contribution in [3.63, 3.8) is 0 Å². The molecule has 0 spiro atoms. The first-order chi connectivity index (χ1) is 13.5. The number of fused-ring (bicyclic) bond motifs is 1. The molecule has 1 amide bonds. The Labute approximate surface area is 165 Å². The molecule has 3 atom stereocenters. The smallest absolute Gasteiger partial charge is 0.224 e. The number of pyridine rings is 1. The molecular weight excluding hydrogens is 358 g/mol. The van der Waals surface area contributed by atoms with Crippen LogP contribution in [0.5, 0.6) is 5.88 Å². The Kier molecular flexibility index (Phi) is 5.32. The SMILES string of the molecule is COc1cc(-c2nccn2[C@@H]2C[C@H]3CO[C@@H](CC(=O)N(C)C)CN3C2)ccn1. The number of aromatic nitrogens is 3. The van der Waals surface area contributed by atoms with Crippen LogP contribution in [0.25, 0.3) is 11.4 Å². The molecule has 4 rings (SSSR count). The second-order valence-corrected chi connectivity index (χ2v) is 7.69. The van der Waals surface area contributed by atoms with Gasteiger partial charge in [0, 0.05) is 69.5 Å². The highest BCUT2D eigenvalue weighted by molar-refractivity contribution is 5.76. The van der Waals surface area contributed by atoms with Crippen LogP contribution in [0.15, 0.2) is 30.7 Å². The highest BCUT2D eigenvalue weighted by Crippen LogP contribution is 2.34. The number of nitrogens with zero attached hydrogens (tertiary/aromatic N) is 5. The summed E-state index contributed by atoms with van der Waals surface area (Å²) in [6.07, 6.45) is 7.05. The topological polar surface area (TPSA) is 72.7 Å². The van der Waals surface area contributed by atoms with E-state index in [1.807, 2.05) is 24.5 Å². The lowest BCUT2D eigenvalue weighted by Gasteiger charge is -2.35. The Balaban J connectivity index is 1.47. The monoisotopic (exact) mass is 385 g/mol. The number of carbonyl (C=O) groups is 1. The molecule has 2 aliphatic heterocycles. The van der Waals surface area contributed by atoms with Crippen LogP contribution in [0, 0.1) is 0 Å². The Morgan fingerprint density at radius 1 is 1.29 bits per heavy atom. The number of rotatable bonds is 5. The number of amides is 1. The van der Waals surface area contributed by atoms with E-state index in [-0.39, 0.29) is 12.0 Å². The van der Waals surface area contributed by atoms with E-state index in [9.17, 15) is 4.79 Å². The average molecular weight is 385 g/mol. The van der Waals surface area contributed by atoms with E-state index >= 15 is 0 Å². The van der Waals surface area contributed by atoms with E-state index in [0.717, 1.165) is 30.9 Å². The fraction of sp³-hybridized carbons (Fsp3) is 0.550. The van der Waals surface area contributed by atoms with Crippen molar-refractivity contribution in [3.05, 3.63) is 30.7 Å². The van der Waals surface area contributed by atoms with Crippen molar-refractivity contribution >= 4 is 5.91 Å². The van der Waals surface area contributed by atoms with Crippen LogP contribution in [0.3, 0.4) is 0 Å². The minimum atomic E-state index is -0.0309. The third-order valence-electron chi connectivity index (χ3n) is 5.63. The van der Waals surface area contributed by atoms with Gasteiger partial charge in [-0.15, -0.1) is 0 Å². The van der Waals surface area contributed by atoms with Crippen molar-refractivity contribution in [2.24, 2.45) is 0 Å². The molecular formula is C20H27N5O3. The first-order valence-electron chi connectivity index (χ1n) is 9.64. The largest absolute Gasteiger partial charge is 0.481 e. The zero-order valence-electron chi connectivity index (χ0n) is 16.6. The van der Waals surface area contributed by atoms with Crippen LogP contribution in [-0.2, 0) is 9.53 Å². The van der Waals surface area contributed by atoms with Gasteiger partial charge >= 0.3 is 0 Å². The number of ether oxygens (including phenoxy) is 2. The van der Waals surface area contributed by atoms with Crippen LogP contribution in [-0.4, -0.2) is 83.3 Å². The number of hydrogen-bond acceptors (Lipinski definition) is 6. The zero-order chi connectivity index (χ0) is 19.7. The van der Waals surface area contributed by atoms with E-state index in [4.69, 9.17) is 9.47 Å². The number of imidazole rings is 1. The number of carbonyl (C=O) groups excluding carboxylic acids is 1. The molecule has 0 bridgehead atoms. The third-order valence-corrected chi connectivity index (χ3v) is 5.63. The molecule has 0 radical (unpaired) electrons. The van der Waals surface area contributed by atoms with Crippen LogP contribution < -0.4 is 4.74 Å². The van der Waals surface area contributed by atoms with E-state index in [0.29, 0.717) is 31.0 Å². The summed E-state index contributed by atoms with van der Waals surface area (Å²) in [5.41, 5.74) is 0.993. The Bertz CT molecular complexity index is 837. The van der Waals surface area contributed by atoms with Crippen molar-refractivity contribution in [2.45, 2.75) is 31.0 Å². The highest BCUT2D eigenvalue weighted by atomic mass is 16.5. The summed E-state index contributed by atoms with van der Waals surface area (Å²) in [6.45, 7) is 2.41. The Morgan fingerprint density at radius 2 is 2.14 bits per heavy atom. The quantitative estimate of drug-likeness (QED) is 0.776. The summed E-state index contributed by atoms with van der Waals surface area (Å²) >= 11 is 0. The number of hydrogen-bond donors (Lipinski definition) is 0. The minimum absolute atomic E-state index is 0.0309. The molecule has 2 saturated heterocycles. The minimum Gasteiger partial charge on any atom is -0.481 e. The van der Waals surface area contributed by atoms with Crippen LogP contribution >= 0.6 is 0 Å². The predicted molar refractivity (Wildman–Crippen MR) is 104 cm³/mol. The lowest BCUT2D eigenvalue weighted by molar-refractivity contribution is -0.134. The average Bonchev–Trinajstić information content (AvgIpc) is 3.34. The van der Waals surface area contributed by atoms with Crippen molar-refractivity contribution in [1.82, 2.24) is 24.3 Å². The second kappa shape index (κ2) is 7.89. The summed E-state index contributed by atoms with van der Waals surface area (Å²) in [5.74, 6) is 1.62. The van der Waals surface area contributed by atoms with Crippen molar-refractivity contribution < 1.29 is 14.3 Å². The van der Waals surface area contributed by atoms with Crippen molar-refractivity contribution in [2.75, 3.05) is 40.9 Å². The molecule has 28 heavy (non-hydrogen) atoms. The van der Waals surface area contributed by atoms with Gasteiger partial charge in [-0.2, -0.15) is 0 Å². The van der Waals surface area contributed by atoms with E-state index in [1.165, 1.54) is 0 Å². The Hall–Kier alpha value is -2.45. The fourth-order valence-corrected chi connectivity index (χ4v) is 4.11. The lowest BCUT2D eigenvalue weighted by atomic mass is 10.1.